The summed E-state index contributed by atoms with van der Waals surface area (Å²) in [6, 6.07) is 12.7. The van der Waals surface area contributed by atoms with Gasteiger partial charge in [-0.05, 0) is 57.4 Å². The predicted molar refractivity (Wildman–Crippen MR) is 148 cm³/mol. The maximum atomic E-state index is 6.47. The third kappa shape index (κ3) is 5.19. The molecule has 5 rings (SSSR count). The molecular formula is C27H34Cl2N6. The van der Waals surface area contributed by atoms with Crippen LogP contribution in [0.1, 0.15) is 39.7 Å². The van der Waals surface area contributed by atoms with Crippen LogP contribution in [0.3, 0.4) is 0 Å². The number of halogens is 2. The predicted octanol–water partition coefficient (Wildman–Crippen LogP) is 6.49. The SMILES string of the molecule is C.Cc1ccc(-c2cc(N3CCN(c4ncccc4Cl)C[C@H]3C)nc(N3CCC[C@@H]3C)n2)cc1Cl. The number of nitrogens with zero attached hydrogens (tertiary/aromatic N) is 6. The minimum absolute atomic E-state index is 0. The Morgan fingerprint density at radius 3 is 2.43 bits per heavy atom. The highest BCUT2D eigenvalue weighted by atomic mass is 35.5. The highest BCUT2D eigenvalue weighted by molar-refractivity contribution is 6.33. The average Bonchev–Trinajstić information content (AvgIpc) is 3.26. The van der Waals surface area contributed by atoms with Crippen LogP contribution >= 0.6 is 23.2 Å². The van der Waals surface area contributed by atoms with E-state index in [1.54, 1.807) is 6.20 Å². The van der Waals surface area contributed by atoms with E-state index in [1.807, 2.05) is 25.1 Å². The van der Waals surface area contributed by atoms with Gasteiger partial charge in [0.2, 0.25) is 5.95 Å². The van der Waals surface area contributed by atoms with Gasteiger partial charge in [-0.25, -0.2) is 9.97 Å². The summed E-state index contributed by atoms with van der Waals surface area (Å²) in [5.41, 5.74) is 2.98. The zero-order valence-corrected chi connectivity index (χ0v) is 21.4. The van der Waals surface area contributed by atoms with E-state index in [9.17, 15) is 0 Å². The van der Waals surface area contributed by atoms with Crippen molar-refractivity contribution in [2.75, 3.05) is 40.9 Å². The van der Waals surface area contributed by atoms with E-state index in [1.165, 1.54) is 12.8 Å². The summed E-state index contributed by atoms with van der Waals surface area (Å²) in [6.45, 7) is 9.96. The molecule has 2 aliphatic heterocycles. The largest absolute Gasteiger partial charge is 0.352 e. The van der Waals surface area contributed by atoms with Gasteiger partial charge in [0.1, 0.15) is 11.6 Å². The minimum atomic E-state index is 0. The molecule has 0 N–H and O–H groups in total. The third-order valence-corrected chi connectivity index (χ3v) is 7.64. The Balaban J connectivity index is 0.00000289. The topological polar surface area (TPSA) is 48.4 Å². The van der Waals surface area contributed by atoms with Gasteiger partial charge >= 0.3 is 0 Å². The van der Waals surface area contributed by atoms with Crippen LogP contribution in [0.25, 0.3) is 11.3 Å². The van der Waals surface area contributed by atoms with Gasteiger partial charge in [0.25, 0.3) is 0 Å². The van der Waals surface area contributed by atoms with Gasteiger partial charge in [-0.15, -0.1) is 0 Å². The number of anilines is 3. The number of hydrogen-bond acceptors (Lipinski definition) is 6. The maximum absolute atomic E-state index is 6.47. The molecule has 0 radical (unpaired) electrons. The summed E-state index contributed by atoms with van der Waals surface area (Å²) < 4.78 is 0. The van der Waals surface area contributed by atoms with Crippen molar-refractivity contribution in [1.82, 2.24) is 15.0 Å². The fourth-order valence-corrected chi connectivity index (χ4v) is 5.35. The molecule has 3 aromatic rings. The molecule has 2 saturated heterocycles. The molecule has 2 atom stereocenters. The number of aromatic nitrogens is 3. The molecule has 186 valence electrons. The molecule has 2 aromatic heterocycles. The van der Waals surface area contributed by atoms with Crippen LogP contribution in [0.2, 0.25) is 10.0 Å². The van der Waals surface area contributed by atoms with Crippen molar-refractivity contribution in [1.29, 1.82) is 0 Å². The Kier molecular flexibility index (Phi) is 7.72. The first-order valence-electron chi connectivity index (χ1n) is 11.9. The van der Waals surface area contributed by atoms with Gasteiger partial charge in [0, 0.05) is 61.1 Å². The van der Waals surface area contributed by atoms with Crippen molar-refractivity contribution in [2.45, 2.75) is 53.1 Å². The molecule has 35 heavy (non-hydrogen) atoms. The maximum Gasteiger partial charge on any atom is 0.228 e. The highest BCUT2D eigenvalue weighted by Gasteiger charge is 2.29. The van der Waals surface area contributed by atoms with Gasteiger partial charge in [-0.1, -0.05) is 42.8 Å². The summed E-state index contributed by atoms with van der Waals surface area (Å²) in [6.07, 6.45) is 4.13. The molecule has 4 heterocycles. The van der Waals surface area contributed by atoms with Gasteiger partial charge in [-0.2, -0.15) is 4.98 Å². The molecule has 8 heteroatoms. The van der Waals surface area contributed by atoms with E-state index in [2.05, 4.69) is 51.7 Å². The van der Waals surface area contributed by atoms with Crippen LogP contribution in [0.5, 0.6) is 0 Å². The summed E-state index contributed by atoms with van der Waals surface area (Å²) in [7, 11) is 0. The van der Waals surface area contributed by atoms with E-state index >= 15 is 0 Å². The first kappa shape index (κ1) is 25.5. The lowest BCUT2D eigenvalue weighted by molar-refractivity contribution is 0.542. The van der Waals surface area contributed by atoms with Crippen LogP contribution < -0.4 is 14.7 Å². The first-order chi connectivity index (χ1) is 16.4. The Morgan fingerprint density at radius 2 is 1.74 bits per heavy atom. The lowest BCUT2D eigenvalue weighted by Crippen LogP contribution is -2.52. The number of aryl methyl sites for hydroxylation is 1. The van der Waals surface area contributed by atoms with Gasteiger partial charge < -0.3 is 14.7 Å². The molecule has 0 unspecified atom stereocenters. The zero-order chi connectivity index (χ0) is 23.8. The van der Waals surface area contributed by atoms with Crippen molar-refractivity contribution < 1.29 is 0 Å². The van der Waals surface area contributed by atoms with Crippen LogP contribution in [0.4, 0.5) is 17.6 Å². The van der Waals surface area contributed by atoms with E-state index in [0.717, 1.165) is 65.6 Å². The van der Waals surface area contributed by atoms with Gasteiger partial charge in [0.05, 0.1) is 10.7 Å². The number of pyridine rings is 1. The standard InChI is InChI=1S/C26H30Cl2N6.CH4/c1-17-8-9-20(14-22(17)28)23-15-24(31-26(30-23)34-11-5-6-18(34)2)33-13-12-32(16-19(33)3)25-21(27)7-4-10-29-25;/h4,7-10,14-15,18-19H,5-6,11-13,16H2,1-3H3;1H4/t18-,19+;/m0./s1. The molecule has 6 nitrogen and oxygen atoms in total. The number of piperazine rings is 1. The summed E-state index contributed by atoms with van der Waals surface area (Å²) >= 11 is 12.9. The number of hydrogen-bond donors (Lipinski definition) is 0. The molecule has 0 spiro atoms. The van der Waals surface area contributed by atoms with E-state index in [4.69, 9.17) is 33.2 Å². The van der Waals surface area contributed by atoms with Crippen molar-refractivity contribution in [3.05, 3.63) is 58.2 Å². The average molecular weight is 514 g/mol. The zero-order valence-electron chi connectivity index (χ0n) is 19.9. The third-order valence-electron chi connectivity index (χ3n) is 6.94. The molecule has 2 fully saturated rings. The highest BCUT2D eigenvalue weighted by Crippen LogP contribution is 2.33. The van der Waals surface area contributed by atoms with Crippen molar-refractivity contribution in [3.8, 4) is 11.3 Å². The van der Waals surface area contributed by atoms with Gasteiger partial charge in [0.15, 0.2) is 0 Å². The Labute approximate surface area is 218 Å². The summed E-state index contributed by atoms with van der Waals surface area (Å²) in [4.78, 5) is 21.5. The quantitative estimate of drug-likeness (QED) is 0.397. The van der Waals surface area contributed by atoms with Crippen molar-refractivity contribution in [2.24, 2.45) is 0 Å². The molecule has 1 aromatic carbocycles. The monoisotopic (exact) mass is 512 g/mol. The van der Waals surface area contributed by atoms with E-state index < -0.39 is 0 Å². The number of benzene rings is 1. The van der Waals surface area contributed by atoms with Crippen LogP contribution in [-0.4, -0.2) is 53.2 Å². The number of rotatable bonds is 4. The molecule has 0 saturated carbocycles. The molecular weight excluding hydrogens is 479 g/mol. The molecule has 0 aliphatic carbocycles. The van der Waals surface area contributed by atoms with Crippen LogP contribution in [0, 0.1) is 6.92 Å². The second-order valence-electron chi connectivity index (χ2n) is 9.36. The lowest BCUT2D eigenvalue weighted by Gasteiger charge is -2.41. The van der Waals surface area contributed by atoms with Crippen molar-refractivity contribution >= 4 is 40.8 Å². The fourth-order valence-electron chi connectivity index (χ4n) is 4.93. The first-order valence-corrected chi connectivity index (χ1v) is 12.7. The second kappa shape index (κ2) is 10.6. The molecule has 0 bridgehead atoms. The Bertz CT molecular complexity index is 1190. The van der Waals surface area contributed by atoms with Crippen molar-refractivity contribution in [3.63, 3.8) is 0 Å². The Morgan fingerprint density at radius 1 is 0.914 bits per heavy atom. The normalized spacial score (nSPS) is 20.2. The van der Waals surface area contributed by atoms with E-state index in [-0.39, 0.29) is 13.5 Å². The second-order valence-corrected chi connectivity index (χ2v) is 10.2. The van der Waals surface area contributed by atoms with Crippen LogP contribution in [0.15, 0.2) is 42.6 Å². The lowest BCUT2D eigenvalue weighted by atomic mass is 10.1. The van der Waals surface area contributed by atoms with Gasteiger partial charge in [-0.3, -0.25) is 0 Å². The molecule has 0 amide bonds. The Hall–Kier alpha value is -2.57. The minimum Gasteiger partial charge on any atom is -0.352 e. The fraction of sp³-hybridized carbons (Fsp3) is 0.444. The summed E-state index contributed by atoms with van der Waals surface area (Å²) in [5.74, 6) is 2.60. The summed E-state index contributed by atoms with van der Waals surface area (Å²) in [5, 5.41) is 1.44. The van der Waals surface area contributed by atoms with E-state index in [0.29, 0.717) is 11.1 Å². The van der Waals surface area contributed by atoms with Crippen LogP contribution in [-0.2, 0) is 0 Å². The molecule has 2 aliphatic rings. The smallest absolute Gasteiger partial charge is 0.228 e.